The van der Waals surface area contributed by atoms with Crippen molar-refractivity contribution >= 4 is 12.0 Å². The molecule has 0 aliphatic carbocycles. The minimum absolute atomic E-state index is 0.204. The molecular weight excluding hydrogens is 260 g/mol. The molecule has 2 heteroatoms. The highest BCUT2D eigenvalue weighted by molar-refractivity contribution is 5.92. The average molecular weight is 288 g/mol. The van der Waals surface area contributed by atoms with Crippen LogP contribution in [0.15, 0.2) is 35.9 Å². The first-order valence-electron chi connectivity index (χ1n) is 8.14. The lowest BCUT2D eigenvalue weighted by Crippen LogP contribution is -2.07. The van der Waals surface area contributed by atoms with Gasteiger partial charge in [0.05, 0.1) is 6.61 Å². The van der Waals surface area contributed by atoms with Crippen LogP contribution in [0.4, 0.5) is 0 Å². The van der Waals surface area contributed by atoms with E-state index in [1.807, 2.05) is 36.4 Å². The molecule has 0 fully saturated rings. The van der Waals surface area contributed by atoms with Crippen LogP contribution in [0.5, 0.6) is 0 Å². The van der Waals surface area contributed by atoms with E-state index < -0.39 is 0 Å². The third-order valence-electron chi connectivity index (χ3n) is 3.49. The van der Waals surface area contributed by atoms with Crippen molar-refractivity contribution in [2.24, 2.45) is 0 Å². The van der Waals surface area contributed by atoms with Gasteiger partial charge in [-0.3, -0.25) is 0 Å². The second-order valence-corrected chi connectivity index (χ2v) is 5.50. The summed E-state index contributed by atoms with van der Waals surface area (Å²) in [4.78, 5) is 11.8. The molecule has 21 heavy (non-hydrogen) atoms. The summed E-state index contributed by atoms with van der Waals surface area (Å²) in [5.74, 6) is -0.204. The molecule has 0 atom stereocenters. The first kappa shape index (κ1) is 17.5. The van der Waals surface area contributed by atoms with E-state index in [0.717, 1.165) is 18.4 Å². The maximum atomic E-state index is 11.8. The second-order valence-electron chi connectivity index (χ2n) is 5.50. The maximum absolute atomic E-state index is 11.8. The zero-order valence-corrected chi connectivity index (χ0v) is 13.4. The quantitative estimate of drug-likeness (QED) is 0.328. The largest absolute Gasteiger partial charge is 0.462 e. The number of carbonyl (C=O) groups is 1. The summed E-state index contributed by atoms with van der Waals surface area (Å²) in [5, 5.41) is 0. The topological polar surface area (TPSA) is 26.3 Å². The Bertz CT molecular complexity index is 420. The minimum atomic E-state index is -0.204. The Morgan fingerprint density at radius 2 is 1.62 bits per heavy atom. The fourth-order valence-electron chi connectivity index (χ4n) is 2.20. The molecule has 0 unspecified atom stereocenters. The van der Waals surface area contributed by atoms with Gasteiger partial charge in [-0.25, -0.2) is 4.79 Å². The van der Waals surface area contributed by atoms with Crippen LogP contribution in [0.25, 0.3) is 6.08 Å². The third-order valence-corrected chi connectivity index (χ3v) is 3.49. The Balaban J connectivity index is 2.14. The standard InChI is InChI=1S/C19H28O2/c1-3-4-5-6-7-8-12-15-21-19(20)17(2)16-18-13-10-9-11-14-18/h9-11,13-14,16H,3-8,12,15H2,1-2H3. The first-order valence-corrected chi connectivity index (χ1v) is 8.14. The summed E-state index contributed by atoms with van der Waals surface area (Å²) in [6, 6.07) is 9.84. The highest BCUT2D eigenvalue weighted by atomic mass is 16.5. The molecule has 0 heterocycles. The summed E-state index contributed by atoms with van der Waals surface area (Å²) in [6.07, 6.45) is 10.5. The summed E-state index contributed by atoms with van der Waals surface area (Å²) in [5.41, 5.74) is 1.69. The summed E-state index contributed by atoms with van der Waals surface area (Å²) < 4.78 is 5.30. The lowest BCUT2D eigenvalue weighted by atomic mass is 10.1. The molecule has 0 spiro atoms. The molecule has 0 bridgehead atoms. The van der Waals surface area contributed by atoms with Crippen LogP contribution >= 0.6 is 0 Å². The molecule has 0 radical (unpaired) electrons. The molecule has 0 N–H and O–H groups in total. The van der Waals surface area contributed by atoms with Crippen molar-refractivity contribution in [1.29, 1.82) is 0 Å². The number of unbranched alkanes of at least 4 members (excludes halogenated alkanes) is 6. The van der Waals surface area contributed by atoms with Crippen molar-refractivity contribution < 1.29 is 9.53 Å². The van der Waals surface area contributed by atoms with E-state index in [2.05, 4.69) is 6.92 Å². The van der Waals surface area contributed by atoms with Gasteiger partial charge in [-0.15, -0.1) is 0 Å². The molecule has 0 aliphatic rings. The van der Waals surface area contributed by atoms with Gasteiger partial charge in [-0.1, -0.05) is 75.8 Å². The van der Waals surface area contributed by atoms with Crippen molar-refractivity contribution in [2.45, 2.75) is 58.8 Å². The van der Waals surface area contributed by atoms with E-state index in [4.69, 9.17) is 4.74 Å². The zero-order chi connectivity index (χ0) is 15.3. The van der Waals surface area contributed by atoms with Crippen LogP contribution in [0.2, 0.25) is 0 Å². The Morgan fingerprint density at radius 3 is 2.29 bits per heavy atom. The number of hydrogen-bond acceptors (Lipinski definition) is 2. The molecular formula is C19H28O2. The van der Waals surface area contributed by atoms with Gasteiger partial charge in [-0.05, 0) is 25.0 Å². The van der Waals surface area contributed by atoms with E-state index in [9.17, 15) is 4.79 Å². The number of esters is 1. The molecule has 2 nitrogen and oxygen atoms in total. The number of rotatable bonds is 10. The lowest BCUT2D eigenvalue weighted by molar-refractivity contribution is -0.139. The second kappa shape index (κ2) is 11.1. The molecule has 0 saturated heterocycles. The van der Waals surface area contributed by atoms with Crippen molar-refractivity contribution in [1.82, 2.24) is 0 Å². The van der Waals surface area contributed by atoms with Crippen LogP contribution in [0.1, 0.15) is 64.4 Å². The molecule has 0 saturated carbocycles. The van der Waals surface area contributed by atoms with E-state index >= 15 is 0 Å². The maximum Gasteiger partial charge on any atom is 0.333 e. The number of ether oxygens (including phenoxy) is 1. The summed E-state index contributed by atoms with van der Waals surface area (Å²) in [7, 11) is 0. The number of benzene rings is 1. The Morgan fingerprint density at radius 1 is 1.00 bits per heavy atom. The smallest absolute Gasteiger partial charge is 0.333 e. The highest BCUT2D eigenvalue weighted by Gasteiger charge is 2.05. The van der Waals surface area contributed by atoms with Crippen molar-refractivity contribution in [3.05, 3.63) is 41.5 Å². The molecule has 1 aromatic rings. The van der Waals surface area contributed by atoms with Crippen LogP contribution in [0.3, 0.4) is 0 Å². The Labute approximate surface area is 129 Å². The van der Waals surface area contributed by atoms with Crippen LogP contribution in [-0.4, -0.2) is 12.6 Å². The predicted molar refractivity (Wildman–Crippen MR) is 89.0 cm³/mol. The molecule has 0 aliphatic heterocycles. The lowest BCUT2D eigenvalue weighted by Gasteiger charge is -2.05. The van der Waals surface area contributed by atoms with Gasteiger partial charge in [0, 0.05) is 5.57 Å². The van der Waals surface area contributed by atoms with Gasteiger partial charge >= 0.3 is 5.97 Å². The van der Waals surface area contributed by atoms with Gasteiger partial charge < -0.3 is 4.74 Å². The van der Waals surface area contributed by atoms with Crippen LogP contribution < -0.4 is 0 Å². The van der Waals surface area contributed by atoms with E-state index in [-0.39, 0.29) is 5.97 Å². The molecule has 116 valence electrons. The SMILES string of the molecule is CCCCCCCCCOC(=O)C(C)=Cc1ccccc1. The summed E-state index contributed by atoms with van der Waals surface area (Å²) in [6.45, 7) is 4.57. The van der Waals surface area contributed by atoms with Crippen LogP contribution in [0, 0.1) is 0 Å². The third kappa shape index (κ3) is 8.34. The van der Waals surface area contributed by atoms with E-state index in [1.54, 1.807) is 6.92 Å². The monoisotopic (exact) mass is 288 g/mol. The van der Waals surface area contributed by atoms with E-state index in [0.29, 0.717) is 12.2 Å². The van der Waals surface area contributed by atoms with Gasteiger partial charge in [0.15, 0.2) is 0 Å². The Kier molecular flexibility index (Phi) is 9.26. The van der Waals surface area contributed by atoms with Crippen LogP contribution in [-0.2, 0) is 9.53 Å². The molecule has 0 aromatic heterocycles. The van der Waals surface area contributed by atoms with Crippen molar-refractivity contribution in [2.75, 3.05) is 6.61 Å². The molecule has 1 rings (SSSR count). The van der Waals surface area contributed by atoms with Gasteiger partial charge in [0.25, 0.3) is 0 Å². The van der Waals surface area contributed by atoms with Gasteiger partial charge in [0.1, 0.15) is 0 Å². The first-order chi connectivity index (χ1) is 10.2. The normalized spacial score (nSPS) is 11.4. The predicted octanol–water partition coefficient (Wildman–Crippen LogP) is 5.38. The molecule has 0 amide bonds. The van der Waals surface area contributed by atoms with E-state index in [1.165, 1.54) is 32.1 Å². The number of carbonyl (C=O) groups excluding carboxylic acids is 1. The highest BCUT2D eigenvalue weighted by Crippen LogP contribution is 2.09. The zero-order valence-electron chi connectivity index (χ0n) is 13.4. The fraction of sp³-hybridized carbons (Fsp3) is 0.526. The van der Waals surface area contributed by atoms with Crippen molar-refractivity contribution in [3.63, 3.8) is 0 Å². The van der Waals surface area contributed by atoms with Crippen molar-refractivity contribution in [3.8, 4) is 0 Å². The van der Waals surface area contributed by atoms with Gasteiger partial charge in [0.2, 0.25) is 0 Å². The average Bonchev–Trinajstić information content (AvgIpc) is 2.50. The van der Waals surface area contributed by atoms with Gasteiger partial charge in [-0.2, -0.15) is 0 Å². The summed E-state index contributed by atoms with van der Waals surface area (Å²) >= 11 is 0. The molecule has 1 aromatic carbocycles. The number of hydrogen-bond donors (Lipinski definition) is 0. The fourth-order valence-corrected chi connectivity index (χ4v) is 2.20. The minimum Gasteiger partial charge on any atom is -0.462 e. The Hall–Kier alpha value is -1.57.